The van der Waals surface area contributed by atoms with Crippen molar-refractivity contribution in [3.63, 3.8) is 0 Å². The number of nitrogens with two attached hydrogens (primary N) is 1. The van der Waals surface area contributed by atoms with E-state index in [4.69, 9.17) is 10.8 Å². The van der Waals surface area contributed by atoms with Crippen LogP contribution in [0.15, 0.2) is 18.2 Å². The molecule has 1 fully saturated rings. The van der Waals surface area contributed by atoms with Crippen molar-refractivity contribution in [2.75, 3.05) is 43.4 Å². The first-order valence-electron chi connectivity index (χ1n) is 6.72. The van der Waals surface area contributed by atoms with Crippen molar-refractivity contribution < 1.29 is 9.90 Å². The zero-order valence-corrected chi connectivity index (χ0v) is 11.3. The molecule has 104 valence electrons. The van der Waals surface area contributed by atoms with Crippen LogP contribution in [0.2, 0.25) is 0 Å². The molecule has 0 aliphatic carbocycles. The molecule has 0 aromatic heterocycles. The number of carboxylic acids is 1. The highest BCUT2D eigenvalue weighted by Gasteiger charge is 2.17. The molecule has 1 saturated heterocycles. The minimum Gasteiger partial charge on any atom is -0.478 e. The second-order valence-corrected chi connectivity index (χ2v) is 4.91. The molecule has 1 aliphatic heterocycles. The van der Waals surface area contributed by atoms with Crippen LogP contribution in [-0.2, 0) is 0 Å². The van der Waals surface area contributed by atoms with E-state index in [0.717, 1.165) is 38.4 Å². The second-order valence-electron chi connectivity index (χ2n) is 4.91. The van der Waals surface area contributed by atoms with Crippen LogP contribution >= 0.6 is 0 Å². The maximum Gasteiger partial charge on any atom is 0.337 e. The molecular formula is C14H21N3O2. The maximum absolute atomic E-state index is 10.9. The van der Waals surface area contributed by atoms with Gasteiger partial charge in [-0.2, -0.15) is 0 Å². The molecule has 3 N–H and O–H groups in total. The summed E-state index contributed by atoms with van der Waals surface area (Å²) in [6.07, 6.45) is 1.18. The monoisotopic (exact) mass is 263 g/mol. The summed E-state index contributed by atoms with van der Waals surface area (Å²) in [5.74, 6) is -0.975. The van der Waals surface area contributed by atoms with Gasteiger partial charge in [-0.1, -0.05) is 6.92 Å². The quantitative estimate of drug-likeness (QED) is 0.806. The van der Waals surface area contributed by atoms with E-state index >= 15 is 0 Å². The third-order valence-electron chi connectivity index (χ3n) is 3.54. The van der Waals surface area contributed by atoms with Crippen LogP contribution in [0, 0.1) is 0 Å². The van der Waals surface area contributed by atoms with E-state index in [0.29, 0.717) is 5.69 Å². The molecule has 1 aliphatic rings. The Morgan fingerprint density at radius 2 is 2.00 bits per heavy atom. The Bertz CT molecular complexity index is 454. The van der Waals surface area contributed by atoms with Crippen LogP contribution in [0.4, 0.5) is 11.4 Å². The van der Waals surface area contributed by atoms with E-state index in [-0.39, 0.29) is 5.56 Å². The minimum atomic E-state index is -0.975. The third kappa shape index (κ3) is 3.17. The molecule has 1 heterocycles. The Kier molecular flexibility index (Phi) is 4.27. The fraction of sp³-hybridized carbons (Fsp3) is 0.500. The lowest BCUT2D eigenvalue weighted by Gasteiger charge is -2.36. The average Bonchev–Trinajstić information content (AvgIpc) is 2.39. The SMILES string of the molecule is CCCN1CCN(c2ccc(C(=O)O)c(N)c2)CC1. The molecule has 0 saturated carbocycles. The van der Waals surface area contributed by atoms with Gasteiger partial charge in [-0.3, -0.25) is 4.90 Å². The van der Waals surface area contributed by atoms with E-state index in [1.165, 1.54) is 6.42 Å². The molecule has 1 aromatic rings. The third-order valence-corrected chi connectivity index (χ3v) is 3.54. The van der Waals surface area contributed by atoms with E-state index in [1.807, 2.05) is 6.07 Å². The number of hydrogen-bond acceptors (Lipinski definition) is 4. The predicted molar refractivity (Wildman–Crippen MR) is 76.8 cm³/mol. The van der Waals surface area contributed by atoms with Gasteiger partial charge in [-0.25, -0.2) is 4.79 Å². The first kappa shape index (κ1) is 13.7. The Labute approximate surface area is 113 Å². The lowest BCUT2D eigenvalue weighted by molar-refractivity contribution is 0.0698. The van der Waals surface area contributed by atoms with Crippen molar-refractivity contribution in [1.82, 2.24) is 4.90 Å². The number of nitrogens with zero attached hydrogens (tertiary/aromatic N) is 2. The molecule has 1 aromatic carbocycles. The zero-order valence-electron chi connectivity index (χ0n) is 11.3. The summed E-state index contributed by atoms with van der Waals surface area (Å²) in [5, 5.41) is 8.96. The van der Waals surface area contributed by atoms with Crippen LogP contribution in [0.3, 0.4) is 0 Å². The standard InChI is InChI=1S/C14H21N3O2/c1-2-5-16-6-8-17(9-7-16)11-3-4-12(14(18)19)13(15)10-11/h3-4,10H,2,5-9,15H2,1H3,(H,18,19). The van der Waals surface area contributed by atoms with Gasteiger partial charge in [0.15, 0.2) is 0 Å². The van der Waals surface area contributed by atoms with Crippen LogP contribution in [0.1, 0.15) is 23.7 Å². The van der Waals surface area contributed by atoms with Gasteiger partial charge in [-0.05, 0) is 31.2 Å². The van der Waals surface area contributed by atoms with Gasteiger partial charge in [0.25, 0.3) is 0 Å². The van der Waals surface area contributed by atoms with Gasteiger partial charge in [0.05, 0.1) is 5.56 Å². The van der Waals surface area contributed by atoms with Crippen molar-refractivity contribution in [1.29, 1.82) is 0 Å². The number of aromatic carboxylic acids is 1. The molecule has 0 unspecified atom stereocenters. The summed E-state index contributed by atoms with van der Waals surface area (Å²) in [5.41, 5.74) is 7.31. The molecule has 5 nitrogen and oxygen atoms in total. The maximum atomic E-state index is 10.9. The lowest BCUT2D eigenvalue weighted by Crippen LogP contribution is -2.46. The number of carboxylic acid groups (broad SMARTS) is 1. The number of nitrogen functional groups attached to an aromatic ring is 1. The molecule has 0 bridgehead atoms. The van der Waals surface area contributed by atoms with Crippen molar-refractivity contribution >= 4 is 17.3 Å². The summed E-state index contributed by atoms with van der Waals surface area (Å²) in [4.78, 5) is 15.6. The topological polar surface area (TPSA) is 69.8 Å². The smallest absolute Gasteiger partial charge is 0.337 e. The first-order valence-corrected chi connectivity index (χ1v) is 6.72. The number of hydrogen-bond donors (Lipinski definition) is 2. The minimum absolute atomic E-state index is 0.174. The zero-order chi connectivity index (χ0) is 13.8. The Balaban J connectivity index is 2.04. The molecule has 0 radical (unpaired) electrons. The van der Waals surface area contributed by atoms with Gasteiger partial charge in [0.1, 0.15) is 0 Å². The van der Waals surface area contributed by atoms with Crippen LogP contribution in [0.25, 0.3) is 0 Å². The Hall–Kier alpha value is -1.75. The highest BCUT2D eigenvalue weighted by molar-refractivity contribution is 5.94. The van der Waals surface area contributed by atoms with Crippen LogP contribution in [0.5, 0.6) is 0 Å². The lowest BCUT2D eigenvalue weighted by atomic mass is 10.1. The van der Waals surface area contributed by atoms with E-state index in [9.17, 15) is 4.79 Å². The fourth-order valence-corrected chi connectivity index (χ4v) is 2.49. The molecular weight excluding hydrogens is 242 g/mol. The summed E-state index contributed by atoms with van der Waals surface area (Å²) >= 11 is 0. The molecule has 0 atom stereocenters. The Morgan fingerprint density at radius 3 is 2.53 bits per heavy atom. The number of piperazine rings is 1. The molecule has 5 heteroatoms. The van der Waals surface area contributed by atoms with Gasteiger partial charge in [-0.15, -0.1) is 0 Å². The van der Waals surface area contributed by atoms with Crippen LogP contribution in [-0.4, -0.2) is 48.7 Å². The van der Waals surface area contributed by atoms with E-state index in [2.05, 4.69) is 16.7 Å². The predicted octanol–water partition coefficient (Wildman–Crippen LogP) is 1.50. The highest BCUT2D eigenvalue weighted by Crippen LogP contribution is 2.22. The van der Waals surface area contributed by atoms with Crippen molar-refractivity contribution in [2.24, 2.45) is 0 Å². The molecule has 0 amide bonds. The van der Waals surface area contributed by atoms with Gasteiger partial charge in [0.2, 0.25) is 0 Å². The Morgan fingerprint density at radius 1 is 1.32 bits per heavy atom. The highest BCUT2D eigenvalue weighted by atomic mass is 16.4. The van der Waals surface area contributed by atoms with E-state index < -0.39 is 5.97 Å². The van der Waals surface area contributed by atoms with Gasteiger partial charge >= 0.3 is 5.97 Å². The van der Waals surface area contributed by atoms with Crippen molar-refractivity contribution in [3.05, 3.63) is 23.8 Å². The van der Waals surface area contributed by atoms with Gasteiger partial charge in [0, 0.05) is 37.6 Å². The van der Waals surface area contributed by atoms with Gasteiger partial charge < -0.3 is 15.7 Å². The number of anilines is 2. The number of rotatable bonds is 4. The molecule has 0 spiro atoms. The number of carbonyl (C=O) groups is 1. The summed E-state index contributed by atoms with van der Waals surface area (Å²) in [6, 6.07) is 5.19. The normalized spacial score (nSPS) is 16.6. The molecule has 19 heavy (non-hydrogen) atoms. The largest absolute Gasteiger partial charge is 0.478 e. The number of benzene rings is 1. The van der Waals surface area contributed by atoms with E-state index in [1.54, 1.807) is 12.1 Å². The second kappa shape index (κ2) is 5.93. The van der Waals surface area contributed by atoms with Crippen molar-refractivity contribution in [2.45, 2.75) is 13.3 Å². The molecule has 2 rings (SSSR count). The summed E-state index contributed by atoms with van der Waals surface area (Å²) < 4.78 is 0. The van der Waals surface area contributed by atoms with Crippen LogP contribution < -0.4 is 10.6 Å². The first-order chi connectivity index (χ1) is 9.11. The summed E-state index contributed by atoms with van der Waals surface area (Å²) in [6.45, 7) is 7.37. The summed E-state index contributed by atoms with van der Waals surface area (Å²) in [7, 11) is 0. The fourth-order valence-electron chi connectivity index (χ4n) is 2.49. The van der Waals surface area contributed by atoms with Crippen molar-refractivity contribution in [3.8, 4) is 0 Å². The average molecular weight is 263 g/mol.